The number of para-hydroxylation sites is 1. The summed E-state index contributed by atoms with van der Waals surface area (Å²) >= 11 is 0. The van der Waals surface area contributed by atoms with Crippen LogP contribution in [0.25, 0.3) is 0 Å². The van der Waals surface area contributed by atoms with Gasteiger partial charge in [0.15, 0.2) is 0 Å². The highest BCUT2D eigenvalue weighted by atomic mass is 16.2. The van der Waals surface area contributed by atoms with Gasteiger partial charge in [-0.2, -0.15) is 0 Å². The quantitative estimate of drug-likeness (QED) is 0.603. The Morgan fingerprint density at radius 1 is 0.828 bits per heavy atom. The van der Waals surface area contributed by atoms with Crippen LogP contribution in [0, 0.1) is 0 Å². The summed E-state index contributed by atoms with van der Waals surface area (Å²) in [7, 11) is 1.96. The molecule has 0 spiro atoms. The molecule has 1 aliphatic rings. The molecule has 1 unspecified atom stereocenters. The molecule has 1 atom stereocenters. The van der Waals surface area contributed by atoms with E-state index in [1.807, 2.05) is 96.9 Å². The number of hydrogen-bond acceptors (Lipinski definition) is 3. The van der Waals surface area contributed by atoms with Crippen molar-refractivity contribution in [1.82, 2.24) is 4.90 Å². The highest BCUT2D eigenvalue weighted by molar-refractivity contribution is 6.38. The van der Waals surface area contributed by atoms with Gasteiger partial charge in [0, 0.05) is 32.4 Å². The number of benzene rings is 3. The zero-order valence-electron chi connectivity index (χ0n) is 16.5. The fourth-order valence-corrected chi connectivity index (χ4v) is 3.94. The second kappa shape index (κ2) is 8.31. The largest absolute Gasteiger partial charge is 0.373 e. The molecule has 1 amide bonds. The van der Waals surface area contributed by atoms with Crippen LogP contribution in [0.5, 0.6) is 0 Å². The first kappa shape index (κ1) is 18.9. The minimum atomic E-state index is -0.423. The summed E-state index contributed by atoms with van der Waals surface area (Å²) in [4.78, 5) is 30.3. The van der Waals surface area contributed by atoms with E-state index in [4.69, 9.17) is 0 Å². The van der Waals surface area contributed by atoms with Gasteiger partial charge in [-0.15, -0.1) is 0 Å². The van der Waals surface area contributed by atoms with E-state index in [1.165, 1.54) is 0 Å². The molecule has 0 radical (unpaired) electrons. The lowest BCUT2D eigenvalue weighted by atomic mass is 9.95. The predicted molar refractivity (Wildman–Crippen MR) is 115 cm³/mol. The summed E-state index contributed by atoms with van der Waals surface area (Å²) in [5, 5.41) is 0. The number of amides is 1. The van der Waals surface area contributed by atoms with Crippen molar-refractivity contribution >= 4 is 17.4 Å². The Morgan fingerprint density at radius 3 is 1.93 bits per heavy atom. The normalized spacial score (nSPS) is 15.1. The number of carbonyl (C=O) groups is 2. The Balaban J connectivity index is 1.60. The summed E-state index contributed by atoms with van der Waals surface area (Å²) in [5.41, 5.74) is 3.98. The lowest BCUT2D eigenvalue weighted by Crippen LogP contribution is -2.39. The van der Waals surface area contributed by atoms with E-state index in [9.17, 15) is 9.59 Å². The molecule has 1 aliphatic heterocycles. The molecule has 29 heavy (non-hydrogen) atoms. The molecule has 0 saturated carbocycles. The van der Waals surface area contributed by atoms with E-state index in [2.05, 4.69) is 0 Å². The van der Waals surface area contributed by atoms with Crippen LogP contribution in [0.15, 0.2) is 84.9 Å². The van der Waals surface area contributed by atoms with Crippen LogP contribution in [0.4, 0.5) is 5.69 Å². The van der Waals surface area contributed by atoms with Crippen LogP contribution < -0.4 is 4.90 Å². The van der Waals surface area contributed by atoms with Gasteiger partial charge in [0.25, 0.3) is 5.91 Å². The number of carbonyl (C=O) groups excluding carboxylic acids is 2. The zero-order chi connectivity index (χ0) is 20.2. The molecule has 3 aromatic rings. The summed E-state index contributed by atoms with van der Waals surface area (Å²) < 4.78 is 0. The van der Waals surface area contributed by atoms with Crippen molar-refractivity contribution in [2.45, 2.75) is 19.0 Å². The minimum Gasteiger partial charge on any atom is -0.373 e. The molecular weight excluding hydrogens is 360 g/mol. The van der Waals surface area contributed by atoms with Gasteiger partial charge in [-0.25, -0.2) is 0 Å². The predicted octanol–water partition coefficient (Wildman–Crippen LogP) is 4.02. The Hall–Kier alpha value is -3.40. The number of rotatable bonds is 6. The second-order valence-electron chi connectivity index (χ2n) is 7.49. The Kier molecular flexibility index (Phi) is 5.43. The highest BCUT2D eigenvalue weighted by Gasteiger charge is 2.36. The smallest absolute Gasteiger partial charge is 0.291 e. The number of ketones is 1. The van der Waals surface area contributed by atoms with Gasteiger partial charge < -0.3 is 9.80 Å². The van der Waals surface area contributed by atoms with Crippen LogP contribution in [0.3, 0.4) is 0 Å². The van der Waals surface area contributed by atoms with Gasteiger partial charge in [0.05, 0.1) is 5.92 Å². The average Bonchev–Trinajstić information content (AvgIpc) is 3.10. The summed E-state index contributed by atoms with van der Waals surface area (Å²) in [6.07, 6.45) is 0. The van der Waals surface area contributed by atoms with E-state index in [0.29, 0.717) is 19.6 Å². The first-order chi connectivity index (χ1) is 14.1. The molecule has 0 aromatic heterocycles. The number of nitrogens with zero attached hydrogens (tertiary/aromatic N) is 2. The standard InChI is InChI=1S/C25H24N2O2/c1-26-18-22(21-14-8-9-15-23(21)26)24(28)25(29)27(16-19-10-4-2-5-11-19)17-20-12-6-3-7-13-20/h2-15,22H,16-18H2,1H3. The Morgan fingerprint density at radius 2 is 1.34 bits per heavy atom. The van der Waals surface area contributed by atoms with Crippen LogP contribution in [0.1, 0.15) is 22.6 Å². The van der Waals surface area contributed by atoms with Crippen LogP contribution >= 0.6 is 0 Å². The topological polar surface area (TPSA) is 40.6 Å². The second-order valence-corrected chi connectivity index (χ2v) is 7.49. The van der Waals surface area contributed by atoms with E-state index in [1.54, 1.807) is 4.90 Å². The number of fused-ring (bicyclic) bond motifs is 1. The van der Waals surface area contributed by atoms with Gasteiger partial charge in [-0.1, -0.05) is 78.9 Å². The van der Waals surface area contributed by atoms with Crippen molar-refractivity contribution in [3.63, 3.8) is 0 Å². The number of likely N-dealkylation sites (N-methyl/N-ethyl adjacent to an activating group) is 1. The van der Waals surface area contributed by atoms with Crippen molar-refractivity contribution < 1.29 is 9.59 Å². The number of Topliss-reactive ketones (excluding diaryl/α,β-unsaturated/α-hetero) is 1. The monoisotopic (exact) mass is 384 g/mol. The van der Waals surface area contributed by atoms with Gasteiger partial charge in [-0.05, 0) is 22.8 Å². The van der Waals surface area contributed by atoms with Crippen LogP contribution in [0.2, 0.25) is 0 Å². The molecule has 4 heteroatoms. The first-order valence-corrected chi connectivity index (χ1v) is 9.84. The van der Waals surface area contributed by atoms with Crippen molar-refractivity contribution in [2.75, 3.05) is 18.5 Å². The van der Waals surface area contributed by atoms with Crippen LogP contribution in [-0.2, 0) is 22.7 Å². The third-order valence-corrected chi connectivity index (χ3v) is 5.43. The lowest BCUT2D eigenvalue weighted by molar-refractivity contribution is -0.146. The molecule has 1 heterocycles. The van der Waals surface area contributed by atoms with Crippen molar-refractivity contribution in [2.24, 2.45) is 0 Å². The molecule has 0 aliphatic carbocycles. The Bertz CT molecular complexity index is 960. The fourth-order valence-electron chi connectivity index (χ4n) is 3.94. The molecule has 0 saturated heterocycles. The van der Waals surface area contributed by atoms with E-state index < -0.39 is 11.8 Å². The SMILES string of the molecule is CN1CC(C(=O)C(=O)N(Cc2ccccc2)Cc2ccccc2)c2ccccc21. The number of hydrogen-bond donors (Lipinski definition) is 0. The average molecular weight is 384 g/mol. The molecule has 0 fully saturated rings. The van der Waals surface area contributed by atoms with Crippen molar-refractivity contribution in [3.8, 4) is 0 Å². The summed E-state index contributed by atoms with van der Waals surface area (Å²) in [6, 6.07) is 27.4. The molecule has 0 bridgehead atoms. The molecule has 0 N–H and O–H groups in total. The van der Waals surface area contributed by atoms with Crippen molar-refractivity contribution in [3.05, 3.63) is 102 Å². The third-order valence-electron chi connectivity index (χ3n) is 5.43. The molecular formula is C25H24N2O2. The minimum absolute atomic E-state index is 0.339. The summed E-state index contributed by atoms with van der Waals surface area (Å²) in [6.45, 7) is 1.35. The maximum absolute atomic E-state index is 13.3. The molecule has 4 rings (SSSR count). The van der Waals surface area contributed by atoms with Gasteiger partial charge in [0.2, 0.25) is 5.78 Å². The fraction of sp³-hybridized carbons (Fsp3) is 0.200. The van der Waals surface area contributed by atoms with Gasteiger partial charge in [0.1, 0.15) is 0 Å². The van der Waals surface area contributed by atoms with E-state index in [-0.39, 0.29) is 5.78 Å². The van der Waals surface area contributed by atoms with Gasteiger partial charge >= 0.3 is 0 Å². The lowest BCUT2D eigenvalue weighted by Gasteiger charge is -2.24. The van der Waals surface area contributed by atoms with E-state index in [0.717, 1.165) is 22.4 Å². The molecule has 146 valence electrons. The first-order valence-electron chi connectivity index (χ1n) is 9.84. The maximum Gasteiger partial charge on any atom is 0.291 e. The maximum atomic E-state index is 13.3. The van der Waals surface area contributed by atoms with Gasteiger partial charge in [-0.3, -0.25) is 9.59 Å². The zero-order valence-corrected chi connectivity index (χ0v) is 16.5. The van der Waals surface area contributed by atoms with Crippen molar-refractivity contribution in [1.29, 1.82) is 0 Å². The molecule has 4 nitrogen and oxygen atoms in total. The third kappa shape index (κ3) is 4.06. The molecule has 3 aromatic carbocycles. The van der Waals surface area contributed by atoms with Crippen LogP contribution in [-0.4, -0.2) is 30.2 Å². The number of anilines is 1. The highest BCUT2D eigenvalue weighted by Crippen LogP contribution is 2.35. The Labute approximate surface area is 171 Å². The summed E-state index contributed by atoms with van der Waals surface area (Å²) in [5.74, 6) is -1.18. The van der Waals surface area contributed by atoms with E-state index >= 15 is 0 Å².